The largest absolute Gasteiger partial charge is 0.315 e. The number of hydrogen-bond donors (Lipinski definition) is 1. The second-order valence-electron chi connectivity index (χ2n) is 5.38. The maximum absolute atomic E-state index is 4.32. The summed E-state index contributed by atoms with van der Waals surface area (Å²) in [6.45, 7) is 4.34. The summed E-state index contributed by atoms with van der Waals surface area (Å²) in [6.07, 6.45) is 5.02. The number of nitrogens with zero attached hydrogens (tertiary/aromatic N) is 2. The van der Waals surface area contributed by atoms with E-state index in [2.05, 4.69) is 61.5 Å². The van der Waals surface area contributed by atoms with Crippen LogP contribution in [-0.4, -0.2) is 36.1 Å². The highest BCUT2D eigenvalue weighted by Crippen LogP contribution is 2.29. The topological polar surface area (TPSA) is 28.2 Å². The average molecular weight is 346 g/mol. The highest BCUT2D eigenvalue weighted by atomic mass is 79.9. The molecule has 1 aliphatic heterocycles. The summed E-state index contributed by atoms with van der Waals surface area (Å²) in [7, 11) is 0. The van der Waals surface area contributed by atoms with Crippen LogP contribution in [-0.2, 0) is 0 Å². The first-order chi connectivity index (χ1) is 10.3. The van der Waals surface area contributed by atoms with Crippen LogP contribution in [0.3, 0.4) is 0 Å². The second kappa shape index (κ2) is 7.16. The van der Waals surface area contributed by atoms with Crippen molar-refractivity contribution in [3.63, 3.8) is 0 Å². The third kappa shape index (κ3) is 3.70. The molecule has 1 aliphatic rings. The Labute approximate surface area is 134 Å². The Bertz CT molecular complexity index is 548. The van der Waals surface area contributed by atoms with Gasteiger partial charge in [-0.25, -0.2) is 0 Å². The van der Waals surface area contributed by atoms with Crippen LogP contribution in [0.4, 0.5) is 0 Å². The van der Waals surface area contributed by atoms with E-state index in [0.29, 0.717) is 0 Å². The van der Waals surface area contributed by atoms with Crippen LogP contribution in [0.5, 0.6) is 0 Å². The molecule has 4 heteroatoms. The first kappa shape index (κ1) is 14.7. The second-order valence-corrected chi connectivity index (χ2v) is 6.30. The van der Waals surface area contributed by atoms with E-state index < -0.39 is 0 Å². The van der Waals surface area contributed by atoms with Gasteiger partial charge in [0.2, 0.25) is 0 Å². The fourth-order valence-corrected chi connectivity index (χ4v) is 3.19. The highest BCUT2D eigenvalue weighted by molar-refractivity contribution is 9.10. The molecule has 110 valence electrons. The van der Waals surface area contributed by atoms with E-state index in [0.717, 1.165) is 30.7 Å². The van der Waals surface area contributed by atoms with E-state index in [4.69, 9.17) is 0 Å². The molecule has 2 heterocycles. The fourth-order valence-electron chi connectivity index (χ4n) is 2.92. The van der Waals surface area contributed by atoms with Gasteiger partial charge >= 0.3 is 0 Å². The molecular formula is C17H20BrN3. The van der Waals surface area contributed by atoms with Crippen LogP contribution in [0.1, 0.15) is 23.6 Å². The normalized spacial score (nSPS) is 18.1. The van der Waals surface area contributed by atoms with Crippen LogP contribution in [0.15, 0.2) is 53.3 Å². The third-order valence-corrected chi connectivity index (χ3v) is 4.45. The molecule has 2 aromatic rings. The Hall–Kier alpha value is -1.23. The minimum atomic E-state index is 0.284. The lowest BCUT2D eigenvalue weighted by molar-refractivity contribution is 0.241. The maximum Gasteiger partial charge on any atom is 0.0617 e. The van der Waals surface area contributed by atoms with E-state index in [-0.39, 0.29) is 6.04 Å². The number of hydrogen-bond acceptors (Lipinski definition) is 3. The molecule has 1 atom stereocenters. The fraction of sp³-hybridized carbons (Fsp3) is 0.353. The number of rotatable bonds is 3. The predicted molar refractivity (Wildman–Crippen MR) is 89.3 cm³/mol. The lowest BCUT2D eigenvalue weighted by atomic mass is 9.98. The van der Waals surface area contributed by atoms with Gasteiger partial charge in [-0.15, -0.1) is 0 Å². The SMILES string of the molecule is Brc1ccc(C(c2cccnc2)N2CCCNCC2)cc1. The molecule has 21 heavy (non-hydrogen) atoms. The third-order valence-electron chi connectivity index (χ3n) is 3.93. The van der Waals surface area contributed by atoms with Gasteiger partial charge in [-0.1, -0.05) is 34.1 Å². The van der Waals surface area contributed by atoms with Crippen molar-refractivity contribution in [3.8, 4) is 0 Å². The molecule has 0 amide bonds. The Kier molecular flexibility index (Phi) is 5.01. The molecule has 0 spiro atoms. The van der Waals surface area contributed by atoms with Crippen molar-refractivity contribution in [3.05, 3.63) is 64.4 Å². The minimum absolute atomic E-state index is 0.284. The number of benzene rings is 1. The van der Waals surface area contributed by atoms with Crippen molar-refractivity contribution < 1.29 is 0 Å². The van der Waals surface area contributed by atoms with Gasteiger partial charge < -0.3 is 5.32 Å². The molecular weight excluding hydrogens is 326 g/mol. The minimum Gasteiger partial charge on any atom is -0.315 e. The molecule has 3 rings (SSSR count). The molecule has 0 aliphatic carbocycles. The Morgan fingerprint density at radius 2 is 1.90 bits per heavy atom. The molecule has 1 aromatic heterocycles. The molecule has 1 N–H and O–H groups in total. The number of halogens is 1. The molecule has 3 nitrogen and oxygen atoms in total. The highest BCUT2D eigenvalue weighted by Gasteiger charge is 2.23. The number of pyridine rings is 1. The molecule has 1 saturated heterocycles. The summed E-state index contributed by atoms with van der Waals surface area (Å²) in [5, 5.41) is 3.48. The molecule has 0 bridgehead atoms. The lowest BCUT2D eigenvalue weighted by Crippen LogP contribution is -2.33. The first-order valence-electron chi connectivity index (χ1n) is 7.45. The summed E-state index contributed by atoms with van der Waals surface area (Å²) in [6, 6.07) is 13.1. The van der Waals surface area contributed by atoms with Crippen LogP contribution in [0, 0.1) is 0 Å². The molecule has 1 fully saturated rings. The van der Waals surface area contributed by atoms with Crippen molar-refractivity contribution in [2.24, 2.45) is 0 Å². The Morgan fingerprint density at radius 3 is 2.67 bits per heavy atom. The number of nitrogens with one attached hydrogen (secondary N) is 1. The molecule has 1 unspecified atom stereocenters. The van der Waals surface area contributed by atoms with Crippen LogP contribution >= 0.6 is 15.9 Å². The van der Waals surface area contributed by atoms with E-state index in [1.165, 1.54) is 17.5 Å². The van der Waals surface area contributed by atoms with Gasteiger partial charge in [0.1, 0.15) is 0 Å². The monoisotopic (exact) mass is 345 g/mol. The zero-order chi connectivity index (χ0) is 14.5. The smallest absolute Gasteiger partial charge is 0.0617 e. The van der Waals surface area contributed by atoms with Crippen molar-refractivity contribution in [1.29, 1.82) is 0 Å². The summed E-state index contributed by atoms with van der Waals surface area (Å²) in [4.78, 5) is 6.87. The van der Waals surface area contributed by atoms with Gasteiger partial charge in [-0.3, -0.25) is 9.88 Å². The average Bonchev–Trinajstić information content (AvgIpc) is 2.80. The van der Waals surface area contributed by atoms with E-state index in [1.807, 2.05) is 18.5 Å². The standard InChI is InChI=1S/C17H20BrN3/c18-16-6-4-14(5-7-16)17(15-3-1-8-20-13-15)21-11-2-9-19-10-12-21/h1,3-8,13,17,19H,2,9-12H2. The van der Waals surface area contributed by atoms with Crippen LogP contribution in [0.25, 0.3) is 0 Å². The van der Waals surface area contributed by atoms with Crippen LogP contribution in [0.2, 0.25) is 0 Å². The van der Waals surface area contributed by atoms with Crippen molar-refractivity contribution in [2.45, 2.75) is 12.5 Å². The van der Waals surface area contributed by atoms with Crippen LogP contribution < -0.4 is 5.32 Å². The van der Waals surface area contributed by atoms with E-state index in [9.17, 15) is 0 Å². The summed E-state index contributed by atoms with van der Waals surface area (Å²) in [5.41, 5.74) is 2.59. The lowest BCUT2D eigenvalue weighted by Gasteiger charge is -2.31. The molecule has 1 aromatic carbocycles. The Balaban J connectivity index is 1.95. The van der Waals surface area contributed by atoms with Crippen molar-refractivity contribution in [2.75, 3.05) is 26.2 Å². The summed E-state index contributed by atoms with van der Waals surface area (Å²) < 4.78 is 1.12. The number of aromatic nitrogens is 1. The van der Waals surface area contributed by atoms with E-state index >= 15 is 0 Å². The molecule has 0 saturated carbocycles. The summed E-state index contributed by atoms with van der Waals surface area (Å²) >= 11 is 3.52. The van der Waals surface area contributed by atoms with Gasteiger partial charge in [0.25, 0.3) is 0 Å². The summed E-state index contributed by atoms with van der Waals surface area (Å²) in [5.74, 6) is 0. The zero-order valence-electron chi connectivity index (χ0n) is 12.0. The van der Waals surface area contributed by atoms with Gasteiger partial charge in [0.05, 0.1) is 6.04 Å². The van der Waals surface area contributed by atoms with Crippen molar-refractivity contribution >= 4 is 15.9 Å². The van der Waals surface area contributed by atoms with Gasteiger partial charge in [0, 0.05) is 36.5 Å². The zero-order valence-corrected chi connectivity index (χ0v) is 13.6. The first-order valence-corrected chi connectivity index (χ1v) is 8.24. The Morgan fingerprint density at radius 1 is 1.05 bits per heavy atom. The predicted octanol–water partition coefficient (Wildman–Crippen LogP) is 3.23. The van der Waals surface area contributed by atoms with E-state index in [1.54, 1.807) is 0 Å². The van der Waals surface area contributed by atoms with Gasteiger partial charge in [-0.2, -0.15) is 0 Å². The quantitative estimate of drug-likeness (QED) is 0.925. The van der Waals surface area contributed by atoms with Gasteiger partial charge in [0.15, 0.2) is 0 Å². The van der Waals surface area contributed by atoms with Crippen molar-refractivity contribution in [1.82, 2.24) is 15.2 Å². The molecule has 0 radical (unpaired) electrons. The maximum atomic E-state index is 4.32. The van der Waals surface area contributed by atoms with Gasteiger partial charge in [-0.05, 0) is 42.3 Å².